The number of carbonyl (C=O) groups is 2. The Hall–Kier alpha value is -3.86. The minimum absolute atomic E-state index is 0.00478. The first kappa shape index (κ1) is 28.7. The fourth-order valence-corrected chi connectivity index (χ4v) is 4.70. The zero-order valence-corrected chi connectivity index (χ0v) is 21.7. The number of carbonyl (C=O) groups excluding carboxylic acids is 2. The average Bonchev–Trinajstić information content (AvgIpc) is 2.90. The van der Waals surface area contributed by atoms with E-state index < -0.39 is 40.9 Å². The standard InChI is InChI=1S/C27H25F3N2O5S/c1-4-36-26(33)23(27(34)37-5-2)24(38-15-16-6-9-19(35-3)10-7-16)22(25-31-13-18(29)14-32-25)20-11-8-17(28)12-21(20)30/h6-14,22H,4-5,15H2,1-3H3. The average molecular weight is 547 g/mol. The van der Waals surface area contributed by atoms with Crippen LogP contribution >= 0.6 is 11.8 Å². The molecule has 0 fully saturated rings. The first-order chi connectivity index (χ1) is 18.3. The van der Waals surface area contributed by atoms with E-state index in [4.69, 9.17) is 14.2 Å². The molecule has 0 saturated heterocycles. The van der Waals surface area contributed by atoms with Gasteiger partial charge in [0.25, 0.3) is 0 Å². The van der Waals surface area contributed by atoms with Crippen molar-refractivity contribution in [3.8, 4) is 5.75 Å². The maximum Gasteiger partial charge on any atom is 0.346 e. The zero-order valence-electron chi connectivity index (χ0n) is 20.9. The third kappa shape index (κ3) is 7.12. The molecule has 3 rings (SSSR count). The third-order valence-electron chi connectivity index (χ3n) is 5.19. The quantitative estimate of drug-likeness (QED) is 0.138. The Bertz CT molecular complexity index is 1280. The highest BCUT2D eigenvalue weighted by molar-refractivity contribution is 8.02. The van der Waals surface area contributed by atoms with E-state index in [1.807, 2.05) is 0 Å². The molecular weight excluding hydrogens is 521 g/mol. The lowest BCUT2D eigenvalue weighted by Gasteiger charge is -2.23. The van der Waals surface area contributed by atoms with Crippen molar-refractivity contribution in [1.29, 1.82) is 0 Å². The number of allylic oxidation sites excluding steroid dienone is 1. The van der Waals surface area contributed by atoms with Crippen LogP contribution in [0.5, 0.6) is 5.75 Å². The highest BCUT2D eigenvalue weighted by atomic mass is 32.2. The van der Waals surface area contributed by atoms with Gasteiger partial charge in [-0.3, -0.25) is 0 Å². The molecule has 0 aliphatic carbocycles. The van der Waals surface area contributed by atoms with Gasteiger partial charge in [0.15, 0.2) is 11.4 Å². The molecular formula is C27H25F3N2O5S. The van der Waals surface area contributed by atoms with E-state index in [-0.39, 0.29) is 35.3 Å². The summed E-state index contributed by atoms with van der Waals surface area (Å²) in [6, 6.07) is 9.86. The van der Waals surface area contributed by atoms with E-state index in [0.29, 0.717) is 11.8 Å². The van der Waals surface area contributed by atoms with Crippen LogP contribution in [0.4, 0.5) is 13.2 Å². The summed E-state index contributed by atoms with van der Waals surface area (Å²) in [4.78, 5) is 34.2. The molecule has 0 saturated carbocycles. The van der Waals surface area contributed by atoms with Crippen LogP contribution in [-0.2, 0) is 24.8 Å². The minimum atomic E-state index is -1.30. The van der Waals surface area contributed by atoms with Crippen molar-refractivity contribution >= 4 is 23.7 Å². The van der Waals surface area contributed by atoms with Crippen LogP contribution in [0.1, 0.15) is 36.7 Å². The molecule has 0 bridgehead atoms. The molecule has 3 aromatic rings. The molecule has 2 aromatic carbocycles. The smallest absolute Gasteiger partial charge is 0.346 e. The minimum Gasteiger partial charge on any atom is -0.497 e. The number of methoxy groups -OCH3 is 1. The Morgan fingerprint density at radius 3 is 2.03 bits per heavy atom. The molecule has 1 unspecified atom stereocenters. The number of hydrogen-bond acceptors (Lipinski definition) is 8. The van der Waals surface area contributed by atoms with Crippen molar-refractivity contribution < 1.29 is 37.0 Å². The summed E-state index contributed by atoms with van der Waals surface area (Å²) in [6.45, 7) is 3.01. The number of thioether (sulfide) groups is 1. The summed E-state index contributed by atoms with van der Waals surface area (Å²) < 4.78 is 58.2. The van der Waals surface area contributed by atoms with Gasteiger partial charge in [-0.1, -0.05) is 18.2 Å². The number of nitrogens with zero attached hydrogens (tertiary/aromatic N) is 2. The van der Waals surface area contributed by atoms with Gasteiger partial charge in [-0.25, -0.2) is 32.7 Å². The van der Waals surface area contributed by atoms with Crippen LogP contribution in [0, 0.1) is 17.5 Å². The van der Waals surface area contributed by atoms with Crippen LogP contribution in [-0.4, -0.2) is 42.2 Å². The van der Waals surface area contributed by atoms with E-state index in [9.17, 15) is 18.4 Å². The molecule has 0 amide bonds. The Labute approximate surface area is 222 Å². The predicted octanol–water partition coefficient (Wildman–Crippen LogP) is 5.35. The van der Waals surface area contributed by atoms with Crippen LogP contribution < -0.4 is 4.74 Å². The number of hydrogen-bond donors (Lipinski definition) is 0. The molecule has 0 aliphatic heterocycles. The number of aromatic nitrogens is 2. The fourth-order valence-electron chi connectivity index (χ4n) is 3.48. The van der Waals surface area contributed by atoms with Crippen molar-refractivity contribution in [1.82, 2.24) is 9.97 Å². The molecule has 38 heavy (non-hydrogen) atoms. The zero-order chi connectivity index (χ0) is 27.7. The van der Waals surface area contributed by atoms with E-state index in [0.717, 1.165) is 41.9 Å². The monoisotopic (exact) mass is 546 g/mol. The normalized spacial score (nSPS) is 11.4. The van der Waals surface area contributed by atoms with Crippen LogP contribution in [0.15, 0.2) is 65.3 Å². The van der Waals surface area contributed by atoms with E-state index in [2.05, 4.69) is 9.97 Å². The van der Waals surface area contributed by atoms with E-state index in [1.165, 1.54) is 7.11 Å². The molecule has 7 nitrogen and oxygen atoms in total. The highest BCUT2D eigenvalue weighted by Crippen LogP contribution is 2.42. The Kier molecular flexibility index (Phi) is 10.3. The van der Waals surface area contributed by atoms with Gasteiger partial charge in [0.1, 0.15) is 23.2 Å². The maximum atomic E-state index is 15.2. The number of esters is 2. The molecule has 1 atom stereocenters. The van der Waals surface area contributed by atoms with Gasteiger partial charge in [0, 0.05) is 22.3 Å². The van der Waals surface area contributed by atoms with Crippen molar-refractivity contribution in [2.45, 2.75) is 25.5 Å². The Morgan fingerprint density at radius 2 is 1.50 bits per heavy atom. The molecule has 11 heteroatoms. The molecule has 0 aliphatic rings. The molecule has 1 aromatic heterocycles. The van der Waals surface area contributed by atoms with Gasteiger partial charge in [-0.05, 0) is 37.6 Å². The lowest BCUT2D eigenvalue weighted by molar-refractivity contribution is -0.146. The topological polar surface area (TPSA) is 87.6 Å². The first-order valence-corrected chi connectivity index (χ1v) is 12.5. The van der Waals surface area contributed by atoms with Gasteiger partial charge < -0.3 is 14.2 Å². The van der Waals surface area contributed by atoms with Gasteiger partial charge in [0.05, 0.1) is 38.6 Å². The number of halogens is 3. The van der Waals surface area contributed by atoms with E-state index in [1.54, 1.807) is 38.1 Å². The molecule has 0 radical (unpaired) electrons. The van der Waals surface area contributed by atoms with Gasteiger partial charge >= 0.3 is 11.9 Å². The highest BCUT2D eigenvalue weighted by Gasteiger charge is 2.35. The second-order valence-electron chi connectivity index (χ2n) is 7.68. The van der Waals surface area contributed by atoms with Crippen molar-refractivity contribution in [3.63, 3.8) is 0 Å². The van der Waals surface area contributed by atoms with Gasteiger partial charge in [-0.15, -0.1) is 11.8 Å². The first-order valence-electron chi connectivity index (χ1n) is 11.6. The number of ether oxygens (including phenoxy) is 3. The van der Waals surface area contributed by atoms with Gasteiger partial charge in [0.2, 0.25) is 0 Å². The van der Waals surface area contributed by atoms with Crippen LogP contribution in [0.3, 0.4) is 0 Å². The molecule has 0 spiro atoms. The van der Waals surface area contributed by atoms with Crippen molar-refractivity contribution in [2.75, 3.05) is 20.3 Å². The number of benzene rings is 2. The Balaban J connectivity index is 2.27. The number of rotatable bonds is 11. The van der Waals surface area contributed by atoms with Gasteiger partial charge in [-0.2, -0.15) is 0 Å². The summed E-state index contributed by atoms with van der Waals surface area (Å²) in [7, 11) is 1.53. The summed E-state index contributed by atoms with van der Waals surface area (Å²) in [6.07, 6.45) is 1.74. The van der Waals surface area contributed by atoms with Crippen LogP contribution in [0.25, 0.3) is 0 Å². The summed E-state index contributed by atoms with van der Waals surface area (Å²) in [5.74, 6) is -5.16. The van der Waals surface area contributed by atoms with Crippen molar-refractivity contribution in [3.05, 3.63) is 99.7 Å². The Morgan fingerprint density at radius 1 is 0.895 bits per heavy atom. The lowest BCUT2D eigenvalue weighted by atomic mass is 9.94. The van der Waals surface area contributed by atoms with E-state index >= 15 is 4.39 Å². The van der Waals surface area contributed by atoms with Crippen molar-refractivity contribution in [2.24, 2.45) is 0 Å². The third-order valence-corrected chi connectivity index (χ3v) is 6.42. The summed E-state index contributed by atoms with van der Waals surface area (Å²) in [5.41, 5.74) is 0.147. The molecule has 0 N–H and O–H groups in total. The second-order valence-corrected chi connectivity index (χ2v) is 8.69. The summed E-state index contributed by atoms with van der Waals surface area (Å²) in [5, 5.41) is 0. The van der Waals surface area contributed by atoms with Crippen LogP contribution in [0.2, 0.25) is 0 Å². The SMILES string of the molecule is CCOC(=O)C(C(=O)OCC)=C(SCc1ccc(OC)cc1)C(c1ncc(F)cn1)c1ccc(F)cc1F. The maximum absolute atomic E-state index is 15.2. The predicted molar refractivity (Wildman–Crippen MR) is 135 cm³/mol. The largest absolute Gasteiger partial charge is 0.497 e. The lowest BCUT2D eigenvalue weighted by Crippen LogP contribution is -2.23. The summed E-state index contributed by atoms with van der Waals surface area (Å²) >= 11 is 1.02. The molecule has 1 heterocycles. The fraction of sp³-hybridized carbons (Fsp3) is 0.259. The molecule has 200 valence electrons. The second kappa shape index (κ2) is 13.6.